The first-order valence-electron chi connectivity index (χ1n) is 7.63. The number of alkyl halides is 3. The molecular weight excluding hydrogens is 319 g/mol. The van der Waals surface area contributed by atoms with Crippen molar-refractivity contribution in [3.63, 3.8) is 0 Å². The molecular formula is C17H16F3N3O. The highest BCUT2D eigenvalue weighted by molar-refractivity contribution is 6.03. The van der Waals surface area contributed by atoms with Crippen LogP contribution in [0.3, 0.4) is 0 Å². The van der Waals surface area contributed by atoms with E-state index in [9.17, 15) is 18.0 Å². The van der Waals surface area contributed by atoms with E-state index in [4.69, 9.17) is 0 Å². The smallest absolute Gasteiger partial charge is 0.371 e. The molecule has 1 amide bonds. The average molecular weight is 335 g/mol. The standard InChI is InChI=1S/C17H16F3N3O/c18-17(19,20)12-3-5-13(6-4-12)22-16(24)15-11-14(7-8-21-15)23-9-1-2-10-23/h3-8,11H,1-2,9-10H2,(H,22,24). The van der Waals surface area contributed by atoms with Crippen molar-refractivity contribution in [1.29, 1.82) is 0 Å². The molecule has 0 atom stereocenters. The molecule has 2 heterocycles. The summed E-state index contributed by atoms with van der Waals surface area (Å²) in [5.41, 5.74) is 0.704. The van der Waals surface area contributed by atoms with Crippen LogP contribution in [0.15, 0.2) is 42.6 Å². The minimum Gasteiger partial charge on any atom is -0.371 e. The van der Waals surface area contributed by atoms with Crippen LogP contribution in [-0.4, -0.2) is 24.0 Å². The van der Waals surface area contributed by atoms with Gasteiger partial charge in [0, 0.05) is 30.7 Å². The predicted octanol–water partition coefficient (Wildman–Crippen LogP) is 3.95. The largest absolute Gasteiger partial charge is 0.416 e. The lowest BCUT2D eigenvalue weighted by Crippen LogP contribution is -2.19. The Hall–Kier alpha value is -2.57. The fourth-order valence-electron chi connectivity index (χ4n) is 2.65. The Bertz CT molecular complexity index is 723. The lowest BCUT2D eigenvalue weighted by atomic mass is 10.2. The van der Waals surface area contributed by atoms with E-state index < -0.39 is 17.6 Å². The summed E-state index contributed by atoms with van der Waals surface area (Å²) in [6.07, 6.45) is -0.589. The quantitative estimate of drug-likeness (QED) is 0.924. The van der Waals surface area contributed by atoms with E-state index in [0.29, 0.717) is 5.69 Å². The molecule has 1 N–H and O–H groups in total. The third-order valence-electron chi connectivity index (χ3n) is 3.92. The van der Waals surface area contributed by atoms with Crippen molar-refractivity contribution < 1.29 is 18.0 Å². The molecule has 7 heteroatoms. The number of halogens is 3. The molecule has 0 aliphatic carbocycles. The van der Waals surface area contributed by atoms with Gasteiger partial charge in [0.05, 0.1) is 5.56 Å². The molecule has 1 saturated heterocycles. The van der Waals surface area contributed by atoms with Gasteiger partial charge in [0.25, 0.3) is 5.91 Å². The summed E-state index contributed by atoms with van der Waals surface area (Å²) in [6.45, 7) is 1.90. The third kappa shape index (κ3) is 3.67. The van der Waals surface area contributed by atoms with Crippen molar-refractivity contribution in [3.8, 4) is 0 Å². The molecule has 126 valence electrons. The van der Waals surface area contributed by atoms with E-state index in [2.05, 4.69) is 15.2 Å². The van der Waals surface area contributed by atoms with Crippen LogP contribution in [0, 0.1) is 0 Å². The molecule has 0 saturated carbocycles. The summed E-state index contributed by atoms with van der Waals surface area (Å²) in [4.78, 5) is 18.5. The first kappa shape index (κ1) is 16.3. The van der Waals surface area contributed by atoms with Gasteiger partial charge in [0.1, 0.15) is 5.69 Å². The van der Waals surface area contributed by atoms with Crippen LogP contribution < -0.4 is 10.2 Å². The Labute approximate surface area is 137 Å². The number of pyridine rings is 1. The van der Waals surface area contributed by atoms with Crippen LogP contribution in [-0.2, 0) is 6.18 Å². The SMILES string of the molecule is O=C(Nc1ccc(C(F)(F)F)cc1)c1cc(N2CCCC2)ccn1. The summed E-state index contributed by atoms with van der Waals surface area (Å²) in [5, 5.41) is 2.57. The Balaban J connectivity index is 1.71. The third-order valence-corrected chi connectivity index (χ3v) is 3.92. The highest BCUT2D eigenvalue weighted by Gasteiger charge is 2.30. The zero-order valence-electron chi connectivity index (χ0n) is 12.8. The number of hydrogen-bond acceptors (Lipinski definition) is 3. The number of hydrogen-bond donors (Lipinski definition) is 1. The van der Waals surface area contributed by atoms with E-state index >= 15 is 0 Å². The molecule has 1 aromatic heterocycles. The van der Waals surface area contributed by atoms with Gasteiger partial charge in [-0.1, -0.05) is 0 Å². The molecule has 0 radical (unpaired) electrons. The number of benzene rings is 1. The highest BCUT2D eigenvalue weighted by atomic mass is 19.4. The van der Waals surface area contributed by atoms with Gasteiger partial charge in [0.2, 0.25) is 0 Å². The van der Waals surface area contributed by atoms with Gasteiger partial charge in [-0.15, -0.1) is 0 Å². The Morgan fingerprint density at radius 1 is 1.08 bits per heavy atom. The maximum atomic E-state index is 12.5. The van der Waals surface area contributed by atoms with E-state index in [0.717, 1.165) is 43.8 Å². The fraction of sp³-hybridized carbons (Fsp3) is 0.294. The zero-order chi connectivity index (χ0) is 17.2. The molecule has 3 rings (SSSR count). The van der Waals surface area contributed by atoms with Gasteiger partial charge in [-0.05, 0) is 49.2 Å². The molecule has 1 aromatic carbocycles. The maximum absolute atomic E-state index is 12.5. The molecule has 0 spiro atoms. The summed E-state index contributed by atoms with van der Waals surface area (Å²) in [5.74, 6) is -0.448. The van der Waals surface area contributed by atoms with E-state index in [1.807, 2.05) is 6.07 Å². The van der Waals surface area contributed by atoms with Crippen LogP contribution in [0.5, 0.6) is 0 Å². The zero-order valence-corrected chi connectivity index (χ0v) is 12.8. The van der Waals surface area contributed by atoms with Crippen LogP contribution in [0.4, 0.5) is 24.5 Å². The van der Waals surface area contributed by atoms with Crippen molar-refractivity contribution in [2.24, 2.45) is 0 Å². The number of carbonyl (C=O) groups is 1. The van der Waals surface area contributed by atoms with Gasteiger partial charge in [-0.2, -0.15) is 13.2 Å². The summed E-state index contributed by atoms with van der Waals surface area (Å²) < 4.78 is 37.6. The van der Waals surface area contributed by atoms with Gasteiger partial charge >= 0.3 is 6.18 Å². The molecule has 2 aromatic rings. The van der Waals surface area contributed by atoms with Crippen molar-refractivity contribution in [1.82, 2.24) is 4.98 Å². The number of nitrogens with zero attached hydrogens (tertiary/aromatic N) is 2. The van der Waals surface area contributed by atoms with Crippen molar-refractivity contribution in [2.75, 3.05) is 23.3 Å². The lowest BCUT2D eigenvalue weighted by molar-refractivity contribution is -0.137. The van der Waals surface area contributed by atoms with Gasteiger partial charge in [-0.25, -0.2) is 0 Å². The summed E-state index contributed by atoms with van der Waals surface area (Å²) in [7, 11) is 0. The Morgan fingerprint density at radius 3 is 2.38 bits per heavy atom. The number of nitrogens with one attached hydrogen (secondary N) is 1. The number of aromatic nitrogens is 1. The second-order valence-electron chi connectivity index (χ2n) is 5.62. The Kier molecular flexibility index (Phi) is 4.42. The minimum absolute atomic E-state index is 0.235. The number of carbonyl (C=O) groups excluding carboxylic acids is 1. The second-order valence-corrected chi connectivity index (χ2v) is 5.62. The van der Waals surface area contributed by atoms with Crippen LogP contribution >= 0.6 is 0 Å². The van der Waals surface area contributed by atoms with E-state index in [-0.39, 0.29) is 5.69 Å². The van der Waals surface area contributed by atoms with E-state index in [1.54, 1.807) is 12.3 Å². The van der Waals surface area contributed by atoms with Crippen LogP contribution in [0.2, 0.25) is 0 Å². The monoisotopic (exact) mass is 335 g/mol. The molecule has 0 unspecified atom stereocenters. The normalized spacial score (nSPS) is 14.7. The van der Waals surface area contributed by atoms with Crippen LogP contribution in [0.25, 0.3) is 0 Å². The average Bonchev–Trinajstić information content (AvgIpc) is 3.09. The fourth-order valence-corrected chi connectivity index (χ4v) is 2.65. The van der Waals surface area contributed by atoms with Gasteiger partial charge < -0.3 is 10.2 Å². The molecule has 4 nitrogen and oxygen atoms in total. The molecule has 1 aliphatic rings. The van der Waals surface area contributed by atoms with Crippen molar-refractivity contribution in [3.05, 3.63) is 53.9 Å². The molecule has 0 bridgehead atoms. The van der Waals surface area contributed by atoms with Gasteiger partial charge in [-0.3, -0.25) is 9.78 Å². The first-order chi connectivity index (χ1) is 11.4. The number of rotatable bonds is 3. The topological polar surface area (TPSA) is 45.2 Å². The number of amides is 1. The summed E-state index contributed by atoms with van der Waals surface area (Å²) >= 11 is 0. The lowest BCUT2D eigenvalue weighted by Gasteiger charge is -2.17. The summed E-state index contributed by atoms with van der Waals surface area (Å²) in [6, 6.07) is 7.87. The predicted molar refractivity (Wildman–Crippen MR) is 85.1 cm³/mol. The minimum atomic E-state index is -4.39. The highest BCUT2D eigenvalue weighted by Crippen LogP contribution is 2.30. The van der Waals surface area contributed by atoms with Crippen molar-refractivity contribution >= 4 is 17.3 Å². The Morgan fingerprint density at radius 2 is 1.75 bits per heavy atom. The van der Waals surface area contributed by atoms with E-state index in [1.165, 1.54) is 12.1 Å². The van der Waals surface area contributed by atoms with Crippen molar-refractivity contribution in [2.45, 2.75) is 19.0 Å². The molecule has 1 aliphatic heterocycles. The number of anilines is 2. The van der Waals surface area contributed by atoms with Crippen LogP contribution in [0.1, 0.15) is 28.9 Å². The maximum Gasteiger partial charge on any atom is 0.416 e. The molecule has 24 heavy (non-hydrogen) atoms. The first-order valence-corrected chi connectivity index (χ1v) is 7.63. The van der Waals surface area contributed by atoms with Gasteiger partial charge in [0.15, 0.2) is 0 Å². The molecule has 1 fully saturated rings. The second kappa shape index (κ2) is 6.51.